The largest absolute Gasteiger partial charge is 0.372 e. The third-order valence-electron chi connectivity index (χ3n) is 4.88. The van der Waals surface area contributed by atoms with Gasteiger partial charge in [-0.3, -0.25) is 9.67 Å². The van der Waals surface area contributed by atoms with Crippen LogP contribution in [-0.4, -0.2) is 41.6 Å². The van der Waals surface area contributed by atoms with E-state index in [4.69, 9.17) is 0 Å². The molecule has 30 heavy (non-hydrogen) atoms. The highest BCUT2D eigenvalue weighted by atomic mass is 19.3. The van der Waals surface area contributed by atoms with E-state index in [2.05, 4.69) is 30.7 Å². The van der Waals surface area contributed by atoms with Crippen LogP contribution in [-0.2, 0) is 13.0 Å². The molecule has 0 radical (unpaired) electrons. The molecule has 4 aromatic heterocycles. The Balaban J connectivity index is 1.62. The third kappa shape index (κ3) is 2.84. The standard InChI is InChI=1S/C20H16F2N8/c1-23-17-5-6-18-26-27-19(30(18)28-17)20(21,22)15-3-4-16-12(8-15)7-13(9-24-16)14-10-25-29(2)11-14/h3-11H,1-2H3,(H,23,28). The molecule has 5 rings (SSSR count). The van der Waals surface area contributed by atoms with Gasteiger partial charge in [0, 0.05) is 48.6 Å². The van der Waals surface area contributed by atoms with E-state index in [1.165, 1.54) is 12.1 Å². The minimum Gasteiger partial charge on any atom is -0.372 e. The van der Waals surface area contributed by atoms with Crippen LogP contribution in [0.2, 0.25) is 0 Å². The van der Waals surface area contributed by atoms with Gasteiger partial charge in [-0.2, -0.15) is 18.4 Å². The van der Waals surface area contributed by atoms with Gasteiger partial charge in [-0.05, 0) is 30.3 Å². The van der Waals surface area contributed by atoms with Crippen LogP contribution in [0.1, 0.15) is 11.4 Å². The van der Waals surface area contributed by atoms with Gasteiger partial charge in [0.15, 0.2) is 5.65 Å². The van der Waals surface area contributed by atoms with E-state index in [-0.39, 0.29) is 11.2 Å². The number of aromatic nitrogens is 7. The Hall–Kier alpha value is -3.95. The molecule has 0 amide bonds. The maximum atomic E-state index is 15.4. The first-order valence-electron chi connectivity index (χ1n) is 9.13. The van der Waals surface area contributed by atoms with Gasteiger partial charge in [0.25, 0.3) is 0 Å². The molecule has 0 saturated carbocycles. The SMILES string of the molecule is CNc1ccc2nnc(C(F)(F)c3ccc4ncc(-c5cnn(C)c5)cc4c3)n2n1. The van der Waals surface area contributed by atoms with Crippen molar-refractivity contribution < 1.29 is 8.78 Å². The Kier molecular flexibility index (Phi) is 3.95. The molecule has 0 bridgehead atoms. The molecule has 0 fully saturated rings. The Morgan fingerprint density at radius 1 is 1.00 bits per heavy atom. The zero-order valence-electron chi connectivity index (χ0n) is 16.1. The molecule has 0 spiro atoms. The van der Waals surface area contributed by atoms with Gasteiger partial charge in [-0.15, -0.1) is 15.3 Å². The molecule has 0 unspecified atom stereocenters. The van der Waals surface area contributed by atoms with E-state index < -0.39 is 11.7 Å². The number of halogens is 2. The summed E-state index contributed by atoms with van der Waals surface area (Å²) in [6.07, 6.45) is 5.25. The van der Waals surface area contributed by atoms with Crippen LogP contribution in [0.25, 0.3) is 27.7 Å². The van der Waals surface area contributed by atoms with Gasteiger partial charge in [0.2, 0.25) is 5.82 Å². The minimum absolute atomic E-state index is 0.217. The molecule has 1 N–H and O–H groups in total. The Labute approximate surface area is 169 Å². The highest BCUT2D eigenvalue weighted by molar-refractivity contribution is 5.84. The number of fused-ring (bicyclic) bond motifs is 2. The summed E-state index contributed by atoms with van der Waals surface area (Å²) >= 11 is 0. The number of hydrogen-bond acceptors (Lipinski definition) is 6. The number of nitrogens with one attached hydrogen (secondary N) is 1. The average Bonchev–Trinajstić information content (AvgIpc) is 3.39. The molecule has 4 heterocycles. The maximum absolute atomic E-state index is 15.4. The van der Waals surface area contributed by atoms with Crippen LogP contribution < -0.4 is 5.32 Å². The predicted octanol–water partition coefficient (Wildman–Crippen LogP) is 3.25. The van der Waals surface area contributed by atoms with E-state index in [1.54, 1.807) is 42.3 Å². The molecular weight excluding hydrogens is 390 g/mol. The molecule has 0 aliphatic heterocycles. The number of rotatable bonds is 4. The number of pyridine rings is 1. The maximum Gasteiger partial charge on any atom is 0.333 e. The van der Waals surface area contributed by atoms with Gasteiger partial charge in [-0.25, -0.2) is 0 Å². The summed E-state index contributed by atoms with van der Waals surface area (Å²) in [5.41, 5.74) is 2.29. The van der Waals surface area contributed by atoms with Crippen LogP contribution in [0.5, 0.6) is 0 Å². The molecule has 0 atom stereocenters. The van der Waals surface area contributed by atoms with Crippen LogP contribution in [0, 0.1) is 0 Å². The average molecular weight is 406 g/mol. The monoisotopic (exact) mass is 406 g/mol. The van der Waals surface area contributed by atoms with Crippen molar-refractivity contribution in [2.45, 2.75) is 5.92 Å². The van der Waals surface area contributed by atoms with Crippen LogP contribution >= 0.6 is 0 Å². The van der Waals surface area contributed by atoms with Gasteiger partial charge < -0.3 is 5.32 Å². The van der Waals surface area contributed by atoms with Gasteiger partial charge in [-0.1, -0.05) is 6.07 Å². The summed E-state index contributed by atoms with van der Waals surface area (Å²) in [5, 5.41) is 19.2. The first-order chi connectivity index (χ1) is 14.5. The van der Waals surface area contributed by atoms with Crippen molar-refractivity contribution in [3.8, 4) is 11.1 Å². The zero-order valence-corrected chi connectivity index (χ0v) is 16.1. The second-order valence-corrected chi connectivity index (χ2v) is 6.87. The molecule has 150 valence electrons. The van der Waals surface area contributed by atoms with Crippen molar-refractivity contribution in [1.29, 1.82) is 0 Å². The lowest BCUT2D eigenvalue weighted by Gasteiger charge is -2.15. The summed E-state index contributed by atoms with van der Waals surface area (Å²) in [6, 6.07) is 9.39. The van der Waals surface area contributed by atoms with E-state index in [1.807, 2.05) is 19.3 Å². The Morgan fingerprint density at radius 2 is 1.87 bits per heavy atom. The second kappa shape index (κ2) is 6.55. The third-order valence-corrected chi connectivity index (χ3v) is 4.88. The normalized spacial score (nSPS) is 12.0. The number of anilines is 1. The fraction of sp³-hybridized carbons (Fsp3) is 0.150. The number of alkyl halides is 2. The van der Waals surface area contributed by atoms with Gasteiger partial charge in [0.1, 0.15) is 5.82 Å². The van der Waals surface area contributed by atoms with Gasteiger partial charge >= 0.3 is 5.92 Å². The Bertz CT molecular complexity index is 1390. The summed E-state index contributed by atoms with van der Waals surface area (Å²) < 4.78 is 33.6. The Morgan fingerprint density at radius 3 is 2.63 bits per heavy atom. The summed E-state index contributed by atoms with van der Waals surface area (Å²) in [7, 11) is 3.47. The second-order valence-electron chi connectivity index (χ2n) is 6.87. The van der Waals surface area contributed by atoms with Crippen LogP contribution in [0.15, 0.2) is 55.0 Å². The van der Waals surface area contributed by atoms with Crippen LogP contribution in [0.3, 0.4) is 0 Å². The first-order valence-corrected chi connectivity index (χ1v) is 9.13. The molecular formula is C20H16F2N8. The number of nitrogens with zero attached hydrogens (tertiary/aromatic N) is 7. The summed E-state index contributed by atoms with van der Waals surface area (Å²) in [4.78, 5) is 4.39. The highest BCUT2D eigenvalue weighted by Gasteiger charge is 2.40. The highest BCUT2D eigenvalue weighted by Crippen LogP contribution is 2.36. The minimum atomic E-state index is -3.41. The molecule has 5 aromatic rings. The topological polar surface area (TPSA) is 85.8 Å². The zero-order chi connectivity index (χ0) is 20.9. The lowest BCUT2D eigenvalue weighted by molar-refractivity contribution is 0.0308. The lowest BCUT2D eigenvalue weighted by atomic mass is 10.0. The summed E-state index contributed by atoms with van der Waals surface area (Å²) in [6.45, 7) is 0. The molecule has 1 aromatic carbocycles. The molecule has 0 aliphatic carbocycles. The van der Waals surface area contributed by atoms with Crippen molar-refractivity contribution in [3.05, 3.63) is 66.4 Å². The number of hydrogen-bond donors (Lipinski definition) is 1. The summed E-state index contributed by atoms with van der Waals surface area (Å²) in [5.74, 6) is -3.52. The smallest absolute Gasteiger partial charge is 0.333 e. The fourth-order valence-electron chi connectivity index (χ4n) is 3.30. The number of benzene rings is 1. The van der Waals surface area contributed by atoms with E-state index >= 15 is 8.78 Å². The van der Waals surface area contributed by atoms with E-state index in [9.17, 15) is 0 Å². The predicted molar refractivity (Wildman–Crippen MR) is 107 cm³/mol. The lowest BCUT2D eigenvalue weighted by Crippen LogP contribution is -2.20. The van der Waals surface area contributed by atoms with Crippen molar-refractivity contribution in [2.24, 2.45) is 7.05 Å². The van der Waals surface area contributed by atoms with Crippen molar-refractivity contribution in [3.63, 3.8) is 0 Å². The van der Waals surface area contributed by atoms with E-state index in [0.717, 1.165) is 15.6 Å². The quantitative estimate of drug-likeness (QED) is 0.493. The van der Waals surface area contributed by atoms with Crippen LogP contribution in [0.4, 0.5) is 14.6 Å². The van der Waals surface area contributed by atoms with E-state index in [0.29, 0.717) is 16.7 Å². The first kappa shape index (κ1) is 18.1. The molecule has 10 heteroatoms. The van der Waals surface area contributed by atoms with Crippen molar-refractivity contribution >= 4 is 22.4 Å². The fourth-order valence-corrected chi connectivity index (χ4v) is 3.30. The molecule has 0 saturated heterocycles. The number of aryl methyl sites for hydroxylation is 1. The van der Waals surface area contributed by atoms with Crippen molar-refractivity contribution in [2.75, 3.05) is 12.4 Å². The molecule has 8 nitrogen and oxygen atoms in total. The molecule has 0 aliphatic rings. The van der Waals surface area contributed by atoms with Gasteiger partial charge in [0.05, 0.1) is 11.7 Å². The van der Waals surface area contributed by atoms with Crippen molar-refractivity contribution in [1.82, 2.24) is 34.6 Å².